The Morgan fingerprint density at radius 2 is 1.81 bits per heavy atom. The zero-order valence-corrected chi connectivity index (χ0v) is 19.2. The molecule has 2 aromatic carbocycles. The van der Waals surface area contributed by atoms with Gasteiger partial charge in [0.25, 0.3) is 5.91 Å². The van der Waals surface area contributed by atoms with Gasteiger partial charge in [0.1, 0.15) is 18.4 Å². The first-order valence-electron chi connectivity index (χ1n) is 9.66. The van der Waals surface area contributed by atoms with Gasteiger partial charge >= 0.3 is 6.09 Å². The van der Waals surface area contributed by atoms with Gasteiger partial charge in [-0.05, 0) is 39.9 Å². The van der Waals surface area contributed by atoms with Gasteiger partial charge < -0.3 is 25.8 Å². The Balaban J connectivity index is 2.14. The van der Waals surface area contributed by atoms with Crippen molar-refractivity contribution in [3.05, 3.63) is 58.1 Å². The summed E-state index contributed by atoms with van der Waals surface area (Å²) in [7, 11) is 1.46. The van der Waals surface area contributed by atoms with Crippen molar-refractivity contribution in [3.8, 4) is 5.75 Å². The van der Waals surface area contributed by atoms with Crippen LogP contribution in [0, 0.1) is 5.92 Å². The number of amides is 3. The molecule has 166 valence electrons. The zero-order chi connectivity index (χ0) is 23.0. The number of ether oxygens (including phenoxy) is 2. The molecule has 0 aliphatic heterocycles. The van der Waals surface area contributed by atoms with Crippen LogP contribution >= 0.6 is 15.9 Å². The van der Waals surface area contributed by atoms with E-state index < -0.39 is 23.9 Å². The van der Waals surface area contributed by atoms with Gasteiger partial charge in [-0.1, -0.05) is 44.2 Å². The van der Waals surface area contributed by atoms with Crippen LogP contribution in [0.4, 0.5) is 10.5 Å². The highest BCUT2D eigenvalue weighted by molar-refractivity contribution is 9.10. The number of hydrogen-bond acceptors (Lipinski definition) is 5. The smallest absolute Gasteiger partial charge is 0.408 e. The van der Waals surface area contributed by atoms with Crippen molar-refractivity contribution in [1.82, 2.24) is 5.32 Å². The summed E-state index contributed by atoms with van der Waals surface area (Å²) in [6, 6.07) is 11.3. The van der Waals surface area contributed by atoms with E-state index in [1.54, 1.807) is 0 Å². The number of primary amides is 1. The number of anilines is 1. The molecule has 0 fully saturated rings. The molecule has 0 saturated carbocycles. The fourth-order valence-corrected chi connectivity index (χ4v) is 3.35. The summed E-state index contributed by atoms with van der Waals surface area (Å²) >= 11 is 3.29. The molecule has 4 N–H and O–H groups in total. The highest BCUT2D eigenvalue weighted by Crippen LogP contribution is 2.31. The minimum absolute atomic E-state index is 0.0818. The number of methoxy groups -OCH3 is 1. The summed E-state index contributed by atoms with van der Waals surface area (Å²) in [5.74, 6) is -0.692. The lowest BCUT2D eigenvalue weighted by Crippen LogP contribution is -2.45. The molecule has 1 atom stereocenters. The van der Waals surface area contributed by atoms with Crippen LogP contribution in [0.5, 0.6) is 5.75 Å². The SMILES string of the molecule is COc1cc(NC(=O)C(CC(C)C)NC(=O)OCc2ccccc2)c(C(N)=O)cc1Br. The average Bonchev–Trinajstić information content (AvgIpc) is 2.73. The third-order valence-corrected chi connectivity index (χ3v) is 4.96. The second-order valence-corrected chi connectivity index (χ2v) is 8.13. The Bertz CT molecular complexity index is 934. The molecular weight excluding hydrogens is 466 g/mol. The molecule has 2 rings (SSSR count). The number of halogens is 1. The lowest BCUT2D eigenvalue weighted by atomic mass is 10.0. The number of alkyl carbamates (subject to hydrolysis) is 1. The number of nitrogens with one attached hydrogen (secondary N) is 2. The molecule has 0 saturated heterocycles. The van der Waals surface area contributed by atoms with Gasteiger partial charge in [-0.15, -0.1) is 0 Å². The first kappa shape index (κ1) is 24.2. The number of nitrogens with two attached hydrogens (primary N) is 1. The largest absolute Gasteiger partial charge is 0.495 e. The second-order valence-electron chi connectivity index (χ2n) is 7.27. The fraction of sp³-hybridized carbons (Fsp3) is 0.318. The van der Waals surface area contributed by atoms with Gasteiger partial charge in [0, 0.05) is 6.07 Å². The van der Waals surface area contributed by atoms with E-state index in [1.807, 2.05) is 44.2 Å². The molecule has 0 spiro atoms. The number of rotatable bonds is 9. The summed E-state index contributed by atoms with van der Waals surface area (Å²) in [6.45, 7) is 3.93. The summed E-state index contributed by atoms with van der Waals surface area (Å²) in [5.41, 5.74) is 6.56. The lowest BCUT2D eigenvalue weighted by molar-refractivity contribution is -0.118. The van der Waals surface area contributed by atoms with Crippen molar-refractivity contribution in [2.75, 3.05) is 12.4 Å². The molecule has 0 aromatic heterocycles. The van der Waals surface area contributed by atoms with Crippen LogP contribution in [0.3, 0.4) is 0 Å². The van der Waals surface area contributed by atoms with E-state index in [1.165, 1.54) is 19.2 Å². The van der Waals surface area contributed by atoms with Crippen LogP contribution in [0.25, 0.3) is 0 Å². The van der Waals surface area contributed by atoms with Gasteiger partial charge in [0.05, 0.1) is 22.8 Å². The van der Waals surface area contributed by atoms with Crippen molar-refractivity contribution in [2.24, 2.45) is 11.7 Å². The summed E-state index contributed by atoms with van der Waals surface area (Å²) < 4.78 is 11.0. The summed E-state index contributed by atoms with van der Waals surface area (Å²) in [4.78, 5) is 37.0. The fourth-order valence-electron chi connectivity index (χ4n) is 2.85. The van der Waals surface area contributed by atoms with E-state index in [0.29, 0.717) is 16.6 Å². The minimum atomic E-state index is -0.876. The maximum atomic E-state index is 12.9. The van der Waals surface area contributed by atoms with E-state index >= 15 is 0 Å². The zero-order valence-electron chi connectivity index (χ0n) is 17.6. The summed E-state index contributed by atoms with van der Waals surface area (Å²) in [6.07, 6.45) is -0.348. The van der Waals surface area contributed by atoms with Crippen molar-refractivity contribution < 1.29 is 23.9 Å². The van der Waals surface area contributed by atoms with E-state index in [4.69, 9.17) is 15.2 Å². The molecule has 3 amide bonds. The van der Waals surface area contributed by atoms with E-state index in [-0.39, 0.29) is 23.8 Å². The molecular formula is C22H26BrN3O5. The maximum Gasteiger partial charge on any atom is 0.408 e. The van der Waals surface area contributed by atoms with Crippen molar-refractivity contribution >= 4 is 39.5 Å². The van der Waals surface area contributed by atoms with E-state index in [2.05, 4.69) is 26.6 Å². The molecule has 9 heteroatoms. The number of benzene rings is 2. The van der Waals surface area contributed by atoms with Gasteiger partial charge in [-0.3, -0.25) is 9.59 Å². The molecule has 0 heterocycles. The predicted molar refractivity (Wildman–Crippen MR) is 121 cm³/mol. The highest BCUT2D eigenvalue weighted by atomic mass is 79.9. The molecule has 8 nitrogen and oxygen atoms in total. The maximum absolute atomic E-state index is 12.9. The molecule has 0 aliphatic carbocycles. The van der Waals surface area contributed by atoms with Gasteiger partial charge in [-0.25, -0.2) is 4.79 Å². The normalized spacial score (nSPS) is 11.5. The van der Waals surface area contributed by atoms with Gasteiger partial charge in [0.15, 0.2) is 0 Å². The van der Waals surface area contributed by atoms with Crippen molar-refractivity contribution in [1.29, 1.82) is 0 Å². The Morgan fingerprint density at radius 3 is 2.39 bits per heavy atom. The van der Waals surface area contributed by atoms with E-state index in [0.717, 1.165) is 5.56 Å². The van der Waals surface area contributed by atoms with Crippen molar-refractivity contribution in [3.63, 3.8) is 0 Å². The van der Waals surface area contributed by atoms with Crippen LogP contribution in [0.1, 0.15) is 36.2 Å². The topological polar surface area (TPSA) is 120 Å². The standard InChI is InChI=1S/C22H26BrN3O5/c1-13(2)9-18(26-22(29)31-12-14-7-5-4-6-8-14)21(28)25-17-11-19(30-3)16(23)10-15(17)20(24)27/h4-8,10-11,13,18H,9,12H2,1-3H3,(H2,24,27)(H,25,28)(H,26,29). The van der Waals surface area contributed by atoms with Crippen molar-refractivity contribution in [2.45, 2.75) is 32.9 Å². The van der Waals surface area contributed by atoms with Crippen LogP contribution in [-0.4, -0.2) is 31.1 Å². The Morgan fingerprint density at radius 1 is 1.13 bits per heavy atom. The molecule has 0 radical (unpaired) electrons. The minimum Gasteiger partial charge on any atom is -0.495 e. The van der Waals surface area contributed by atoms with Crippen LogP contribution in [0.2, 0.25) is 0 Å². The first-order chi connectivity index (χ1) is 14.7. The number of carbonyl (C=O) groups is 3. The third kappa shape index (κ3) is 7.29. The third-order valence-electron chi connectivity index (χ3n) is 4.34. The quantitative estimate of drug-likeness (QED) is 0.492. The summed E-state index contributed by atoms with van der Waals surface area (Å²) in [5, 5.41) is 5.26. The highest BCUT2D eigenvalue weighted by Gasteiger charge is 2.25. The average molecular weight is 492 g/mol. The predicted octanol–water partition coefficient (Wildman–Crippen LogP) is 3.84. The molecule has 0 aliphatic rings. The lowest BCUT2D eigenvalue weighted by Gasteiger charge is -2.21. The van der Waals surface area contributed by atoms with Crippen LogP contribution in [0.15, 0.2) is 46.9 Å². The molecule has 0 bridgehead atoms. The van der Waals surface area contributed by atoms with Gasteiger partial charge in [-0.2, -0.15) is 0 Å². The number of carbonyl (C=O) groups excluding carboxylic acids is 3. The first-order valence-corrected chi connectivity index (χ1v) is 10.5. The van der Waals surface area contributed by atoms with E-state index in [9.17, 15) is 14.4 Å². The molecule has 2 aromatic rings. The molecule has 1 unspecified atom stereocenters. The Kier molecular flexibility index (Phi) is 8.87. The van der Waals surface area contributed by atoms with Crippen LogP contribution in [-0.2, 0) is 16.1 Å². The Hall–Kier alpha value is -3.07. The Labute approximate surface area is 189 Å². The monoisotopic (exact) mass is 491 g/mol. The molecule has 31 heavy (non-hydrogen) atoms. The van der Waals surface area contributed by atoms with Crippen LogP contribution < -0.4 is 21.1 Å². The number of hydrogen-bond donors (Lipinski definition) is 3. The second kappa shape index (κ2) is 11.4. The van der Waals surface area contributed by atoms with Gasteiger partial charge in [0.2, 0.25) is 5.91 Å².